The van der Waals surface area contributed by atoms with Gasteiger partial charge in [0.1, 0.15) is 11.9 Å². The molecule has 0 aromatic rings. The number of hydrogen-bond donors (Lipinski definition) is 0. The summed E-state index contributed by atoms with van der Waals surface area (Å²) in [4.78, 5) is 27.7. The van der Waals surface area contributed by atoms with Crippen molar-refractivity contribution < 1.29 is 14.3 Å². The van der Waals surface area contributed by atoms with E-state index in [0.717, 1.165) is 64.6 Å². The van der Waals surface area contributed by atoms with Crippen LogP contribution in [0.25, 0.3) is 0 Å². The third kappa shape index (κ3) is 4.23. The summed E-state index contributed by atoms with van der Waals surface area (Å²) in [6.45, 7) is 12.4. The van der Waals surface area contributed by atoms with Crippen molar-refractivity contribution in [1.29, 1.82) is 0 Å². The Bertz CT molecular complexity index is 831. The van der Waals surface area contributed by atoms with Crippen LogP contribution in [0.4, 0.5) is 0 Å². The number of ether oxygens (including phenoxy) is 1. The van der Waals surface area contributed by atoms with E-state index in [1.807, 2.05) is 0 Å². The predicted molar refractivity (Wildman–Crippen MR) is 131 cm³/mol. The summed E-state index contributed by atoms with van der Waals surface area (Å²) in [5.41, 5.74) is 2.08. The molecule has 1 heterocycles. The second-order valence-electron chi connectivity index (χ2n) is 13.3. The Hall–Kier alpha value is -1.16. The zero-order valence-corrected chi connectivity index (χ0v) is 21.5. The SMILES string of the molecule is CC1(C)CCCN(CCC(=O)O[C@@H]2CC[C@@]3(C)C(=CC[C@H]4[C@H]3CC[C@]3(C)C(=O)CC[C@H]43)C2)C1. The highest BCUT2D eigenvalue weighted by atomic mass is 16.5. The number of piperidine rings is 1. The smallest absolute Gasteiger partial charge is 0.307 e. The van der Waals surface area contributed by atoms with E-state index in [1.165, 1.54) is 19.3 Å². The summed E-state index contributed by atoms with van der Waals surface area (Å²) in [5, 5.41) is 0. The standard InChI is InChI=1S/C29H45NO3/c1-27(2)13-5-16-30(19-27)17-12-26(32)33-21-10-14-28(3)20(18-21)6-7-22-23-8-9-25(31)29(23,4)15-11-24(22)28/h6,21-24H,5,7-19H2,1-4H3/t21-,22-,23-,24-,28+,29+/m1/s1. The number of nitrogens with zero attached hydrogens (tertiary/aromatic N) is 1. The molecule has 0 N–H and O–H groups in total. The molecule has 0 aromatic carbocycles. The van der Waals surface area contributed by atoms with Crippen LogP contribution < -0.4 is 0 Å². The van der Waals surface area contributed by atoms with Gasteiger partial charge >= 0.3 is 5.97 Å². The maximum absolute atomic E-state index is 12.7. The fourth-order valence-corrected chi connectivity index (χ4v) is 8.73. The van der Waals surface area contributed by atoms with E-state index in [2.05, 4.69) is 38.7 Å². The van der Waals surface area contributed by atoms with Crippen LogP contribution in [0, 0.1) is 34.0 Å². The zero-order valence-electron chi connectivity index (χ0n) is 21.5. The zero-order chi connectivity index (χ0) is 23.4. The largest absolute Gasteiger partial charge is 0.462 e. The minimum Gasteiger partial charge on any atom is -0.462 e. The Morgan fingerprint density at radius 2 is 1.82 bits per heavy atom. The van der Waals surface area contributed by atoms with Gasteiger partial charge in [-0.05, 0) is 86.5 Å². The molecule has 0 radical (unpaired) electrons. The number of carbonyl (C=O) groups excluding carboxylic acids is 2. The van der Waals surface area contributed by atoms with Crippen LogP contribution in [0.15, 0.2) is 11.6 Å². The molecule has 184 valence electrons. The summed E-state index contributed by atoms with van der Waals surface area (Å²) in [5.74, 6) is 2.44. The number of rotatable bonds is 4. The van der Waals surface area contributed by atoms with Crippen molar-refractivity contribution in [2.24, 2.45) is 34.0 Å². The molecule has 1 saturated heterocycles. The van der Waals surface area contributed by atoms with E-state index in [1.54, 1.807) is 5.57 Å². The number of ketones is 1. The Balaban J connectivity index is 1.18. The normalized spacial score (nSPS) is 42.7. The molecule has 5 rings (SSSR count). The first-order valence-electron chi connectivity index (χ1n) is 13.8. The number of allylic oxidation sites excluding steroid dienone is 1. The van der Waals surface area contributed by atoms with E-state index in [-0.39, 0.29) is 22.9 Å². The van der Waals surface area contributed by atoms with Gasteiger partial charge in [-0.1, -0.05) is 39.3 Å². The Kier molecular flexibility index (Phi) is 6.07. The van der Waals surface area contributed by atoms with Crippen molar-refractivity contribution >= 4 is 11.8 Å². The lowest BCUT2D eigenvalue weighted by Gasteiger charge is -2.56. The lowest BCUT2D eigenvalue weighted by atomic mass is 9.48. The van der Waals surface area contributed by atoms with Crippen molar-refractivity contribution in [2.75, 3.05) is 19.6 Å². The second kappa shape index (κ2) is 8.50. The van der Waals surface area contributed by atoms with Gasteiger partial charge in [0.15, 0.2) is 0 Å². The van der Waals surface area contributed by atoms with Gasteiger partial charge < -0.3 is 9.64 Å². The van der Waals surface area contributed by atoms with Crippen LogP contribution in [0.5, 0.6) is 0 Å². The molecule has 5 aliphatic rings. The van der Waals surface area contributed by atoms with Gasteiger partial charge in [-0.2, -0.15) is 0 Å². The van der Waals surface area contributed by atoms with Crippen molar-refractivity contribution in [1.82, 2.24) is 4.90 Å². The van der Waals surface area contributed by atoms with Gasteiger partial charge in [0.2, 0.25) is 0 Å². The summed E-state index contributed by atoms with van der Waals surface area (Å²) < 4.78 is 6.01. The number of fused-ring (bicyclic) bond motifs is 5. The first-order valence-corrected chi connectivity index (χ1v) is 13.8. The molecule has 6 atom stereocenters. The highest BCUT2D eigenvalue weighted by Crippen LogP contribution is 2.64. The van der Waals surface area contributed by atoms with Crippen LogP contribution in [0.3, 0.4) is 0 Å². The lowest BCUT2D eigenvalue weighted by molar-refractivity contribution is -0.152. The van der Waals surface area contributed by atoms with Gasteiger partial charge in [-0.15, -0.1) is 0 Å². The van der Waals surface area contributed by atoms with Crippen molar-refractivity contribution in [3.8, 4) is 0 Å². The van der Waals surface area contributed by atoms with E-state index in [4.69, 9.17) is 4.74 Å². The van der Waals surface area contributed by atoms with Crippen molar-refractivity contribution in [3.05, 3.63) is 11.6 Å². The molecule has 0 amide bonds. The molecule has 4 fully saturated rings. The third-order valence-corrected chi connectivity index (χ3v) is 10.7. The van der Waals surface area contributed by atoms with Crippen LogP contribution in [0.1, 0.15) is 98.3 Å². The summed E-state index contributed by atoms with van der Waals surface area (Å²) >= 11 is 0. The first-order chi connectivity index (χ1) is 15.6. The fraction of sp³-hybridized carbons (Fsp3) is 0.862. The van der Waals surface area contributed by atoms with Gasteiger partial charge in [0.25, 0.3) is 0 Å². The monoisotopic (exact) mass is 455 g/mol. The highest BCUT2D eigenvalue weighted by Gasteiger charge is 2.58. The number of hydrogen-bond acceptors (Lipinski definition) is 4. The molecule has 33 heavy (non-hydrogen) atoms. The average Bonchev–Trinajstić information content (AvgIpc) is 3.06. The molecule has 3 saturated carbocycles. The Labute approximate surface area is 200 Å². The highest BCUT2D eigenvalue weighted by molar-refractivity contribution is 5.87. The lowest BCUT2D eigenvalue weighted by Crippen LogP contribution is -2.50. The van der Waals surface area contributed by atoms with Crippen LogP contribution >= 0.6 is 0 Å². The molecule has 4 nitrogen and oxygen atoms in total. The summed E-state index contributed by atoms with van der Waals surface area (Å²) in [7, 11) is 0. The van der Waals surface area contributed by atoms with Crippen molar-refractivity contribution in [2.45, 2.75) is 104 Å². The average molecular weight is 456 g/mol. The van der Waals surface area contributed by atoms with E-state index in [9.17, 15) is 9.59 Å². The molecule has 0 aromatic heterocycles. The topological polar surface area (TPSA) is 46.6 Å². The number of esters is 1. The van der Waals surface area contributed by atoms with Crippen molar-refractivity contribution in [3.63, 3.8) is 0 Å². The Morgan fingerprint density at radius 3 is 2.61 bits per heavy atom. The predicted octanol–water partition coefficient (Wildman–Crippen LogP) is 5.94. The molecule has 0 spiro atoms. The number of Topliss-reactive ketones (excluding diaryl/α,β-unsaturated/α-hetero) is 1. The number of likely N-dealkylation sites (tertiary alicyclic amines) is 1. The third-order valence-electron chi connectivity index (χ3n) is 10.7. The molecule has 4 heteroatoms. The molecule has 0 bridgehead atoms. The van der Waals surface area contributed by atoms with E-state index < -0.39 is 0 Å². The molecular formula is C29H45NO3. The minimum absolute atomic E-state index is 0.0147. The first kappa shape index (κ1) is 23.6. The quantitative estimate of drug-likeness (QED) is 0.389. The summed E-state index contributed by atoms with van der Waals surface area (Å²) in [6.07, 6.45) is 13.9. The second-order valence-corrected chi connectivity index (χ2v) is 13.3. The van der Waals surface area contributed by atoms with E-state index in [0.29, 0.717) is 35.4 Å². The molecule has 4 aliphatic carbocycles. The van der Waals surface area contributed by atoms with Gasteiger partial charge in [-0.3, -0.25) is 9.59 Å². The summed E-state index contributed by atoms with van der Waals surface area (Å²) in [6, 6.07) is 0. The van der Waals surface area contributed by atoms with Crippen LogP contribution in [0.2, 0.25) is 0 Å². The number of carbonyl (C=O) groups is 2. The minimum atomic E-state index is -0.0564. The maximum atomic E-state index is 12.7. The Morgan fingerprint density at radius 1 is 1.06 bits per heavy atom. The van der Waals surface area contributed by atoms with Crippen LogP contribution in [-0.4, -0.2) is 42.4 Å². The molecule has 0 unspecified atom stereocenters. The van der Waals surface area contributed by atoms with Gasteiger partial charge in [0.05, 0.1) is 6.42 Å². The van der Waals surface area contributed by atoms with Crippen LogP contribution in [-0.2, 0) is 14.3 Å². The van der Waals surface area contributed by atoms with Gasteiger partial charge in [0, 0.05) is 31.3 Å². The molecule has 1 aliphatic heterocycles. The van der Waals surface area contributed by atoms with Gasteiger partial charge in [-0.25, -0.2) is 0 Å². The molecular weight excluding hydrogens is 410 g/mol. The fourth-order valence-electron chi connectivity index (χ4n) is 8.73. The van der Waals surface area contributed by atoms with E-state index >= 15 is 0 Å². The maximum Gasteiger partial charge on any atom is 0.307 e.